The molecule has 2 aliphatic rings. The summed E-state index contributed by atoms with van der Waals surface area (Å²) in [6, 6.07) is 4.41. The standard InChI is InChI=1S/C25H25N5S/c1-2-8-30(9-3-1)15-17-4-6-18(7-5-17)19-10-21-20-11-22(24-14-26-16-31-24)27-13-23(20)29-25(21)28-12-19/h4,6-7,10-14,16-17H,1-3,5,8-9,15H2,(H,28,29). The fraction of sp³-hybridized carbons (Fsp3) is 0.320. The Bertz CT molecular complexity index is 1280. The second-order valence-corrected chi connectivity index (χ2v) is 9.49. The van der Waals surface area contributed by atoms with E-state index in [1.54, 1.807) is 11.3 Å². The fourth-order valence-electron chi connectivity index (χ4n) is 4.80. The van der Waals surface area contributed by atoms with Gasteiger partial charge in [-0.1, -0.05) is 24.6 Å². The van der Waals surface area contributed by atoms with Crippen LogP contribution in [0, 0.1) is 5.92 Å². The van der Waals surface area contributed by atoms with Crippen molar-refractivity contribution in [3.63, 3.8) is 0 Å². The predicted octanol–water partition coefficient (Wildman–Crippen LogP) is 5.68. The third-order valence-electron chi connectivity index (χ3n) is 6.48. The van der Waals surface area contributed by atoms with Gasteiger partial charge in [0.25, 0.3) is 0 Å². The van der Waals surface area contributed by atoms with Gasteiger partial charge in [0, 0.05) is 35.3 Å². The molecule has 4 aromatic heterocycles. The molecule has 1 aliphatic heterocycles. The molecule has 0 bridgehead atoms. The van der Waals surface area contributed by atoms with E-state index in [0.717, 1.165) is 38.9 Å². The van der Waals surface area contributed by atoms with Crippen molar-refractivity contribution in [3.8, 4) is 10.6 Å². The maximum atomic E-state index is 4.72. The van der Waals surface area contributed by atoms with Gasteiger partial charge in [-0.3, -0.25) is 9.97 Å². The van der Waals surface area contributed by atoms with Gasteiger partial charge in [-0.2, -0.15) is 0 Å². The largest absolute Gasteiger partial charge is 0.338 e. The summed E-state index contributed by atoms with van der Waals surface area (Å²) in [6.07, 6.45) is 18.0. The molecule has 1 saturated heterocycles. The highest BCUT2D eigenvalue weighted by molar-refractivity contribution is 7.13. The van der Waals surface area contributed by atoms with E-state index in [1.165, 1.54) is 50.0 Å². The zero-order valence-corrected chi connectivity index (χ0v) is 18.2. The van der Waals surface area contributed by atoms with Gasteiger partial charge in [0.1, 0.15) is 5.65 Å². The average Bonchev–Trinajstić information content (AvgIpc) is 3.48. The maximum absolute atomic E-state index is 4.72. The van der Waals surface area contributed by atoms with Crippen molar-refractivity contribution in [1.29, 1.82) is 0 Å². The summed E-state index contributed by atoms with van der Waals surface area (Å²) in [7, 11) is 0. The lowest BCUT2D eigenvalue weighted by Gasteiger charge is -2.30. The summed E-state index contributed by atoms with van der Waals surface area (Å²) < 4.78 is 0. The predicted molar refractivity (Wildman–Crippen MR) is 128 cm³/mol. The van der Waals surface area contributed by atoms with Crippen LogP contribution in [0.4, 0.5) is 0 Å². The Labute approximate surface area is 185 Å². The third-order valence-corrected chi connectivity index (χ3v) is 7.28. The van der Waals surface area contributed by atoms with Crippen LogP contribution in [0.3, 0.4) is 0 Å². The number of allylic oxidation sites excluding steroid dienone is 3. The summed E-state index contributed by atoms with van der Waals surface area (Å²) in [4.78, 5) is 20.6. The Morgan fingerprint density at radius 1 is 1.03 bits per heavy atom. The molecular formula is C25H25N5S. The first-order chi connectivity index (χ1) is 15.3. The van der Waals surface area contributed by atoms with Crippen molar-refractivity contribution in [2.75, 3.05) is 19.6 Å². The minimum Gasteiger partial charge on any atom is -0.338 e. The summed E-state index contributed by atoms with van der Waals surface area (Å²) in [5.74, 6) is 0.625. The number of nitrogens with one attached hydrogen (secondary N) is 1. The Morgan fingerprint density at radius 2 is 1.97 bits per heavy atom. The Kier molecular flexibility index (Phi) is 4.89. The Hall–Kier alpha value is -2.83. The van der Waals surface area contributed by atoms with Crippen molar-refractivity contribution >= 4 is 38.8 Å². The molecule has 6 heteroatoms. The molecule has 0 radical (unpaired) electrons. The number of piperidine rings is 1. The van der Waals surface area contributed by atoms with Crippen molar-refractivity contribution < 1.29 is 0 Å². The number of thiazole rings is 1. The third kappa shape index (κ3) is 3.70. The minimum absolute atomic E-state index is 0.625. The molecule has 31 heavy (non-hydrogen) atoms. The number of aromatic nitrogens is 4. The van der Waals surface area contributed by atoms with Crippen molar-refractivity contribution in [1.82, 2.24) is 24.8 Å². The van der Waals surface area contributed by atoms with E-state index in [9.17, 15) is 0 Å². The molecule has 1 atom stereocenters. The average molecular weight is 428 g/mol. The molecular weight excluding hydrogens is 402 g/mol. The first-order valence-corrected chi connectivity index (χ1v) is 12.0. The molecule has 0 spiro atoms. The lowest BCUT2D eigenvalue weighted by molar-refractivity contribution is 0.209. The zero-order chi connectivity index (χ0) is 20.6. The van der Waals surface area contributed by atoms with Crippen LogP contribution in [-0.4, -0.2) is 44.5 Å². The number of hydrogen-bond donors (Lipinski definition) is 1. The second kappa shape index (κ2) is 8.02. The van der Waals surface area contributed by atoms with E-state index in [1.807, 2.05) is 24.1 Å². The molecule has 5 heterocycles. The van der Waals surface area contributed by atoms with Gasteiger partial charge in [0.15, 0.2) is 0 Å². The maximum Gasteiger partial charge on any atom is 0.138 e. The lowest BCUT2D eigenvalue weighted by Crippen LogP contribution is -2.33. The molecule has 5 nitrogen and oxygen atoms in total. The van der Waals surface area contributed by atoms with Crippen LogP contribution < -0.4 is 0 Å². The van der Waals surface area contributed by atoms with E-state index in [0.29, 0.717) is 5.92 Å². The summed E-state index contributed by atoms with van der Waals surface area (Å²) in [5.41, 5.74) is 7.18. The van der Waals surface area contributed by atoms with Gasteiger partial charge in [-0.25, -0.2) is 4.98 Å². The number of pyridine rings is 2. The molecule has 0 aromatic carbocycles. The number of fused-ring (bicyclic) bond motifs is 3. The van der Waals surface area contributed by atoms with E-state index in [-0.39, 0.29) is 0 Å². The van der Waals surface area contributed by atoms with Gasteiger partial charge < -0.3 is 9.88 Å². The Morgan fingerprint density at radius 3 is 2.77 bits per heavy atom. The van der Waals surface area contributed by atoms with Gasteiger partial charge in [-0.05, 0) is 56.0 Å². The molecule has 1 unspecified atom stereocenters. The van der Waals surface area contributed by atoms with Gasteiger partial charge in [0.2, 0.25) is 0 Å². The summed E-state index contributed by atoms with van der Waals surface area (Å²) >= 11 is 1.61. The number of rotatable bonds is 4. The molecule has 1 fully saturated rings. The summed E-state index contributed by atoms with van der Waals surface area (Å²) in [6.45, 7) is 3.72. The fourth-order valence-corrected chi connectivity index (χ4v) is 5.39. The molecule has 0 amide bonds. The van der Waals surface area contributed by atoms with Crippen LogP contribution in [0.25, 0.3) is 38.1 Å². The lowest BCUT2D eigenvalue weighted by atomic mass is 9.92. The van der Waals surface area contributed by atoms with Gasteiger partial charge >= 0.3 is 0 Å². The normalized spacial score (nSPS) is 19.9. The van der Waals surface area contributed by atoms with Crippen molar-refractivity contribution in [2.24, 2.45) is 5.92 Å². The number of nitrogens with zero attached hydrogens (tertiary/aromatic N) is 4. The summed E-state index contributed by atoms with van der Waals surface area (Å²) in [5, 5.41) is 2.30. The van der Waals surface area contributed by atoms with E-state index in [2.05, 4.69) is 50.2 Å². The highest BCUT2D eigenvalue weighted by Gasteiger charge is 2.17. The van der Waals surface area contributed by atoms with Crippen LogP contribution in [-0.2, 0) is 0 Å². The molecule has 156 valence electrons. The molecule has 0 saturated carbocycles. The number of hydrogen-bond acceptors (Lipinski definition) is 5. The molecule has 4 aromatic rings. The monoisotopic (exact) mass is 427 g/mol. The molecule has 1 N–H and O–H groups in total. The zero-order valence-electron chi connectivity index (χ0n) is 17.4. The van der Waals surface area contributed by atoms with Crippen LogP contribution in [0.5, 0.6) is 0 Å². The first kappa shape index (κ1) is 18.9. The minimum atomic E-state index is 0.625. The highest BCUT2D eigenvalue weighted by Crippen LogP contribution is 2.32. The topological polar surface area (TPSA) is 57.7 Å². The van der Waals surface area contributed by atoms with E-state index >= 15 is 0 Å². The van der Waals surface area contributed by atoms with Gasteiger partial charge in [0.05, 0.1) is 27.8 Å². The van der Waals surface area contributed by atoms with Crippen LogP contribution >= 0.6 is 11.3 Å². The number of likely N-dealkylation sites (tertiary alicyclic amines) is 1. The van der Waals surface area contributed by atoms with E-state index < -0.39 is 0 Å². The van der Waals surface area contributed by atoms with Crippen LogP contribution in [0.15, 0.2) is 54.5 Å². The molecule has 1 aliphatic carbocycles. The van der Waals surface area contributed by atoms with E-state index in [4.69, 9.17) is 4.98 Å². The van der Waals surface area contributed by atoms with Gasteiger partial charge in [-0.15, -0.1) is 11.3 Å². The Balaban J connectivity index is 1.28. The highest BCUT2D eigenvalue weighted by atomic mass is 32.1. The van der Waals surface area contributed by atoms with Crippen LogP contribution in [0.2, 0.25) is 0 Å². The SMILES string of the molecule is C1=CC(CN2CCCCC2)CC=C1c1cnc2[nH]c3cnc(-c4cncs4)cc3c2c1. The second-order valence-electron chi connectivity index (χ2n) is 8.60. The quantitative estimate of drug-likeness (QED) is 0.455. The van der Waals surface area contributed by atoms with Crippen molar-refractivity contribution in [3.05, 3.63) is 60.0 Å². The smallest absolute Gasteiger partial charge is 0.138 e. The van der Waals surface area contributed by atoms with Crippen molar-refractivity contribution in [2.45, 2.75) is 25.7 Å². The number of H-pyrrole nitrogens is 1. The first-order valence-electron chi connectivity index (χ1n) is 11.1. The molecule has 6 rings (SSSR count). The van der Waals surface area contributed by atoms with Crippen LogP contribution in [0.1, 0.15) is 31.2 Å². The number of aromatic amines is 1.